The van der Waals surface area contributed by atoms with Crippen molar-refractivity contribution < 1.29 is 12.8 Å². The maximum atomic E-state index is 13.9. The van der Waals surface area contributed by atoms with Gasteiger partial charge in [0.1, 0.15) is 5.82 Å². The van der Waals surface area contributed by atoms with Crippen LogP contribution in [-0.2, 0) is 17.1 Å². The summed E-state index contributed by atoms with van der Waals surface area (Å²) in [7, 11) is -2.05. The van der Waals surface area contributed by atoms with Gasteiger partial charge in [-0.25, -0.2) is 12.8 Å². The Bertz CT molecular complexity index is 1580. The van der Waals surface area contributed by atoms with Crippen LogP contribution < -0.4 is 15.6 Å². The smallest absolute Gasteiger partial charge is 0.258 e. The minimum absolute atomic E-state index is 0.136. The third-order valence-corrected chi connectivity index (χ3v) is 6.60. The number of aryl methyl sites for hydroxylation is 3. The van der Waals surface area contributed by atoms with Crippen LogP contribution in [0.4, 0.5) is 21.5 Å². The van der Waals surface area contributed by atoms with Gasteiger partial charge in [0.05, 0.1) is 0 Å². The zero-order chi connectivity index (χ0) is 24.6. The second kappa shape index (κ2) is 8.79. The second-order valence-corrected chi connectivity index (χ2v) is 9.75. The molecule has 8 heteroatoms. The van der Waals surface area contributed by atoms with E-state index in [4.69, 9.17) is 0 Å². The molecule has 0 aliphatic carbocycles. The third kappa shape index (κ3) is 4.45. The Labute approximate surface area is 197 Å². The lowest BCUT2D eigenvalue weighted by Gasteiger charge is -2.19. The zero-order valence-corrected chi connectivity index (χ0v) is 19.8. The Hall–Kier alpha value is -3.91. The van der Waals surface area contributed by atoms with Crippen molar-refractivity contribution in [1.82, 2.24) is 4.57 Å². The maximum absolute atomic E-state index is 13.9. The molecule has 0 radical (unpaired) electrons. The molecule has 0 fully saturated rings. The van der Waals surface area contributed by atoms with E-state index in [-0.39, 0.29) is 11.4 Å². The van der Waals surface area contributed by atoms with Gasteiger partial charge in [-0.15, -0.1) is 0 Å². The summed E-state index contributed by atoms with van der Waals surface area (Å²) in [5.41, 5.74) is 4.47. The molecule has 2 N–H and O–H groups in total. The van der Waals surface area contributed by atoms with Crippen LogP contribution in [0.2, 0.25) is 0 Å². The van der Waals surface area contributed by atoms with E-state index in [1.54, 1.807) is 43.6 Å². The number of aromatic nitrogens is 1. The van der Waals surface area contributed by atoms with Gasteiger partial charge in [-0.3, -0.25) is 9.52 Å². The molecule has 0 saturated heterocycles. The van der Waals surface area contributed by atoms with Crippen molar-refractivity contribution in [1.29, 1.82) is 0 Å². The summed E-state index contributed by atoms with van der Waals surface area (Å²) in [6.45, 7) is 6.96. The highest BCUT2D eigenvalue weighted by atomic mass is 32.2. The van der Waals surface area contributed by atoms with Crippen LogP contribution in [0.1, 0.15) is 11.1 Å². The van der Waals surface area contributed by atoms with Crippen LogP contribution in [0, 0.1) is 19.7 Å². The van der Waals surface area contributed by atoms with Crippen LogP contribution in [0.5, 0.6) is 0 Å². The number of nitrogens with zero attached hydrogens (tertiary/aromatic N) is 1. The first kappa shape index (κ1) is 23.3. The van der Waals surface area contributed by atoms with Crippen molar-refractivity contribution in [2.75, 3.05) is 10.0 Å². The fraction of sp³-hybridized carbons (Fsp3) is 0.115. The third-order valence-electron chi connectivity index (χ3n) is 5.64. The number of benzene rings is 3. The van der Waals surface area contributed by atoms with Crippen molar-refractivity contribution in [3.05, 3.63) is 100 Å². The lowest BCUT2D eigenvalue weighted by atomic mass is 9.98. The monoisotopic (exact) mass is 477 g/mol. The Morgan fingerprint density at radius 1 is 0.971 bits per heavy atom. The van der Waals surface area contributed by atoms with E-state index in [0.717, 1.165) is 33.2 Å². The molecule has 0 aliphatic heterocycles. The van der Waals surface area contributed by atoms with E-state index in [1.165, 1.54) is 16.7 Å². The molecule has 0 unspecified atom stereocenters. The van der Waals surface area contributed by atoms with Gasteiger partial charge >= 0.3 is 0 Å². The minimum atomic E-state index is -3.72. The number of nitrogens with one attached hydrogen (secondary N) is 2. The number of fused-ring (bicyclic) bond motifs is 1. The Morgan fingerprint density at radius 2 is 1.62 bits per heavy atom. The van der Waals surface area contributed by atoms with E-state index in [2.05, 4.69) is 16.6 Å². The van der Waals surface area contributed by atoms with Gasteiger partial charge < -0.3 is 9.88 Å². The lowest BCUT2D eigenvalue weighted by molar-refractivity contribution is 0.609. The Morgan fingerprint density at radius 3 is 2.26 bits per heavy atom. The Balaban J connectivity index is 1.98. The number of anilines is 3. The van der Waals surface area contributed by atoms with Crippen LogP contribution in [0.15, 0.2) is 77.6 Å². The summed E-state index contributed by atoms with van der Waals surface area (Å²) in [6.07, 6.45) is 1.72. The number of pyridine rings is 1. The van der Waals surface area contributed by atoms with Crippen LogP contribution in [-0.4, -0.2) is 13.0 Å². The number of sulfonamides is 1. The minimum Gasteiger partial charge on any atom is -0.355 e. The second-order valence-electron chi connectivity index (χ2n) is 8.12. The molecule has 0 bridgehead atoms. The molecule has 0 saturated carbocycles. The van der Waals surface area contributed by atoms with Crippen molar-refractivity contribution in [2.45, 2.75) is 13.8 Å². The highest BCUT2D eigenvalue weighted by molar-refractivity contribution is 7.95. The largest absolute Gasteiger partial charge is 0.355 e. The average Bonchev–Trinajstić information content (AvgIpc) is 2.79. The molecular weight excluding hydrogens is 453 g/mol. The molecule has 6 nitrogen and oxygen atoms in total. The van der Waals surface area contributed by atoms with Crippen LogP contribution in [0.25, 0.3) is 21.9 Å². The molecule has 1 heterocycles. The van der Waals surface area contributed by atoms with E-state index in [9.17, 15) is 17.6 Å². The van der Waals surface area contributed by atoms with Gasteiger partial charge in [0, 0.05) is 52.2 Å². The molecule has 0 amide bonds. The highest BCUT2D eigenvalue weighted by Gasteiger charge is 2.16. The van der Waals surface area contributed by atoms with Crippen molar-refractivity contribution in [3.63, 3.8) is 0 Å². The van der Waals surface area contributed by atoms with Crippen LogP contribution >= 0.6 is 0 Å². The lowest BCUT2D eigenvalue weighted by Crippen LogP contribution is -2.16. The first-order valence-corrected chi connectivity index (χ1v) is 12.1. The highest BCUT2D eigenvalue weighted by Crippen LogP contribution is 2.37. The molecule has 0 aliphatic rings. The van der Waals surface area contributed by atoms with E-state index >= 15 is 0 Å². The van der Waals surface area contributed by atoms with Crippen molar-refractivity contribution in [3.8, 4) is 11.1 Å². The molecule has 1 aromatic heterocycles. The van der Waals surface area contributed by atoms with E-state index in [1.807, 2.05) is 26.0 Å². The normalized spacial score (nSPS) is 11.4. The standard InChI is InChI=1S/C26H24FN3O3S/c1-5-34(32,33)29-19-10-11-24(28-25-16(2)12-18(27)13-17(25)3)22(14-19)23-15-30(4)26(31)21-9-7-6-8-20(21)23/h5-15,28-29H,1H2,2-4H3. The van der Waals surface area contributed by atoms with Gasteiger partial charge in [-0.05, 0) is 66.8 Å². The summed E-state index contributed by atoms with van der Waals surface area (Å²) in [5, 5.41) is 5.49. The number of rotatable bonds is 6. The molecule has 4 rings (SSSR count). The van der Waals surface area contributed by atoms with Gasteiger partial charge in [0.15, 0.2) is 0 Å². The first-order chi connectivity index (χ1) is 16.1. The fourth-order valence-corrected chi connectivity index (χ4v) is 4.56. The van der Waals surface area contributed by atoms with Crippen LogP contribution in [0.3, 0.4) is 0 Å². The molecule has 0 spiro atoms. The summed E-state index contributed by atoms with van der Waals surface area (Å²) < 4.78 is 42.0. The summed E-state index contributed by atoms with van der Waals surface area (Å²) >= 11 is 0. The van der Waals surface area contributed by atoms with Gasteiger partial charge in [0.2, 0.25) is 0 Å². The molecule has 0 atom stereocenters. The fourth-order valence-electron chi connectivity index (χ4n) is 4.02. The van der Waals surface area contributed by atoms with E-state index in [0.29, 0.717) is 22.3 Å². The zero-order valence-electron chi connectivity index (χ0n) is 19.0. The molecular formula is C26H24FN3O3S. The maximum Gasteiger partial charge on any atom is 0.258 e. The predicted octanol–water partition coefficient (Wildman–Crippen LogP) is 5.59. The van der Waals surface area contributed by atoms with Crippen molar-refractivity contribution in [2.24, 2.45) is 7.05 Å². The predicted molar refractivity (Wildman–Crippen MR) is 137 cm³/mol. The van der Waals surface area contributed by atoms with Gasteiger partial charge in [-0.2, -0.15) is 0 Å². The number of hydrogen-bond acceptors (Lipinski definition) is 4. The van der Waals surface area contributed by atoms with Gasteiger partial charge in [0.25, 0.3) is 15.6 Å². The number of hydrogen-bond donors (Lipinski definition) is 2. The SMILES string of the molecule is C=CS(=O)(=O)Nc1ccc(Nc2c(C)cc(F)cc2C)c(-c2cn(C)c(=O)c3ccccc23)c1. The first-order valence-electron chi connectivity index (χ1n) is 10.5. The summed E-state index contributed by atoms with van der Waals surface area (Å²) in [6, 6.07) is 15.2. The molecule has 174 valence electrons. The average molecular weight is 478 g/mol. The Kier molecular flexibility index (Phi) is 6.01. The van der Waals surface area contributed by atoms with Crippen molar-refractivity contribution >= 4 is 37.9 Å². The summed E-state index contributed by atoms with van der Waals surface area (Å²) in [4.78, 5) is 12.7. The van der Waals surface area contributed by atoms with Gasteiger partial charge in [-0.1, -0.05) is 24.8 Å². The quantitative estimate of drug-likeness (QED) is 0.379. The summed E-state index contributed by atoms with van der Waals surface area (Å²) in [5.74, 6) is -0.320. The molecule has 34 heavy (non-hydrogen) atoms. The molecule has 4 aromatic rings. The number of halogens is 1. The molecule has 3 aromatic carbocycles. The topological polar surface area (TPSA) is 80.2 Å². The van der Waals surface area contributed by atoms with E-state index < -0.39 is 10.0 Å².